The van der Waals surface area contributed by atoms with Crippen molar-refractivity contribution in [1.82, 2.24) is 0 Å². The van der Waals surface area contributed by atoms with E-state index in [0.29, 0.717) is 11.8 Å². The van der Waals surface area contributed by atoms with Gasteiger partial charge in [-0.3, -0.25) is 9.59 Å². The standard InChI is InChI=1S/C22H28O4/c1-12-10-17-15-5-4-13-11-14(23)6-8-21(13,2)16(15)7-9-22(17,3)18(12)19(24)20(25)26/h6-8,11-12,15,17-18,20,25-26H,4-5,9-10H2,1-3H3/t12-,15-,17+,18-,21+,22+/m1/s1. The lowest BCUT2D eigenvalue weighted by atomic mass is 9.52. The Hall–Kier alpha value is -1.52. The maximum Gasteiger partial charge on any atom is 0.213 e. The summed E-state index contributed by atoms with van der Waals surface area (Å²) in [6.07, 6.45) is 9.60. The molecule has 0 bridgehead atoms. The lowest BCUT2D eigenvalue weighted by molar-refractivity contribution is -0.155. The van der Waals surface area contributed by atoms with Gasteiger partial charge in [0.25, 0.3) is 0 Å². The third-order valence-corrected chi connectivity index (χ3v) is 7.85. The second-order valence-electron chi connectivity index (χ2n) is 9.20. The molecule has 6 atom stereocenters. The van der Waals surface area contributed by atoms with Crippen LogP contribution in [0.15, 0.2) is 35.5 Å². The van der Waals surface area contributed by atoms with Crippen LogP contribution < -0.4 is 0 Å². The maximum atomic E-state index is 12.5. The van der Waals surface area contributed by atoms with Crippen molar-refractivity contribution in [3.8, 4) is 0 Å². The van der Waals surface area contributed by atoms with Gasteiger partial charge in [0.15, 0.2) is 11.6 Å². The number of hydrogen-bond acceptors (Lipinski definition) is 4. The molecule has 0 amide bonds. The molecule has 4 nitrogen and oxygen atoms in total. The van der Waals surface area contributed by atoms with Crippen molar-refractivity contribution >= 4 is 11.6 Å². The summed E-state index contributed by atoms with van der Waals surface area (Å²) in [5, 5.41) is 19.0. The topological polar surface area (TPSA) is 74.6 Å². The van der Waals surface area contributed by atoms with Crippen molar-refractivity contribution in [1.29, 1.82) is 0 Å². The predicted octanol–water partition coefficient (Wildman–Crippen LogP) is 2.96. The minimum Gasteiger partial charge on any atom is -0.362 e. The Morgan fingerprint density at radius 3 is 2.73 bits per heavy atom. The molecule has 0 aromatic rings. The second kappa shape index (κ2) is 5.74. The third-order valence-electron chi connectivity index (χ3n) is 7.85. The van der Waals surface area contributed by atoms with Gasteiger partial charge in [-0.25, -0.2) is 0 Å². The van der Waals surface area contributed by atoms with Crippen molar-refractivity contribution in [3.63, 3.8) is 0 Å². The van der Waals surface area contributed by atoms with E-state index in [9.17, 15) is 19.8 Å². The smallest absolute Gasteiger partial charge is 0.213 e. The van der Waals surface area contributed by atoms with Crippen LogP contribution in [0.4, 0.5) is 0 Å². The number of Topliss-reactive ketones (excluding diaryl/α,β-unsaturated/α-hetero) is 1. The van der Waals surface area contributed by atoms with Crippen molar-refractivity contribution in [2.24, 2.45) is 34.5 Å². The van der Waals surface area contributed by atoms with Crippen LogP contribution in [-0.4, -0.2) is 28.1 Å². The van der Waals surface area contributed by atoms with Crippen molar-refractivity contribution < 1.29 is 19.8 Å². The first-order valence-corrected chi connectivity index (χ1v) is 9.73. The van der Waals surface area contributed by atoms with Crippen LogP contribution >= 0.6 is 0 Å². The number of allylic oxidation sites excluding steroid dienone is 6. The summed E-state index contributed by atoms with van der Waals surface area (Å²) in [4.78, 5) is 24.3. The molecule has 0 radical (unpaired) electrons. The Kier molecular flexibility index (Phi) is 3.94. The first-order chi connectivity index (χ1) is 12.2. The van der Waals surface area contributed by atoms with Gasteiger partial charge in [0.2, 0.25) is 6.29 Å². The van der Waals surface area contributed by atoms with Gasteiger partial charge in [0.05, 0.1) is 0 Å². The van der Waals surface area contributed by atoms with Crippen LogP contribution in [0.2, 0.25) is 0 Å². The molecule has 0 heterocycles. The number of ketones is 2. The Balaban J connectivity index is 1.74. The minimum atomic E-state index is -1.88. The molecule has 4 aliphatic rings. The van der Waals surface area contributed by atoms with Crippen molar-refractivity contribution in [3.05, 3.63) is 35.5 Å². The molecule has 0 unspecified atom stereocenters. The fraction of sp³-hybridized carbons (Fsp3) is 0.636. The highest BCUT2D eigenvalue weighted by Gasteiger charge is 2.59. The molecule has 0 aromatic heterocycles. The highest BCUT2D eigenvalue weighted by Crippen LogP contribution is 2.65. The molecular weight excluding hydrogens is 328 g/mol. The number of carbonyl (C=O) groups excluding carboxylic acids is 2. The van der Waals surface area contributed by atoms with E-state index in [1.165, 1.54) is 11.1 Å². The number of aliphatic hydroxyl groups is 2. The lowest BCUT2D eigenvalue weighted by Gasteiger charge is -2.52. The normalized spacial score (nSPS) is 44.2. The SMILES string of the molecule is C[C@@H]1C[C@H]2[C@@H]3CCC4=CC(=O)C=C[C@]4(C)C3=CC[C@]2(C)[C@H]1C(=O)C(O)O. The van der Waals surface area contributed by atoms with E-state index < -0.39 is 12.1 Å². The Morgan fingerprint density at radius 1 is 1.31 bits per heavy atom. The van der Waals surface area contributed by atoms with Crippen LogP contribution in [0.25, 0.3) is 0 Å². The molecule has 26 heavy (non-hydrogen) atoms. The Labute approximate surface area is 154 Å². The van der Waals surface area contributed by atoms with E-state index in [4.69, 9.17) is 0 Å². The summed E-state index contributed by atoms with van der Waals surface area (Å²) < 4.78 is 0. The van der Waals surface area contributed by atoms with E-state index in [2.05, 4.69) is 32.9 Å². The summed E-state index contributed by atoms with van der Waals surface area (Å²) in [6, 6.07) is 0. The van der Waals surface area contributed by atoms with E-state index in [1.54, 1.807) is 12.2 Å². The third kappa shape index (κ3) is 2.28. The zero-order valence-corrected chi connectivity index (χ0v) is 15.7. The van der Waals surface area contributed by atoms with Crippen LogP contribution in [0.5, 0.6) is 0 Å². The predicted molar refractivity (Wildman–Crippen MR) is 97.9 cm³/mol. The number of aliphatic hydroxyl groups excluding tert-OH is 1. The fourth-order valence-electron chi connectivity index (χ4n) is 6.66. The van der Waals surface area contributed by atoms with Crippen LogP contribution in [0.1, 0.15) is 46.5 Å². The van der Waals surface area contributed by atoms with E-state index in [0.717, 1.165) is 25.7 Å². The quantitative estimate of drug-likeness (QED) is 0.589. The van der Waals surface area contributed by atoms with E-state index in [1.807, 2.05) is 0 Å². The minimum absolute atomic E-state index is 0.0780. The average Bonchev–Trinajstić information content (AvgIpc) is 2.85. The number of rotatable bonds is 2. The summed E-state index contributed by atoms with van der Waals surface area (Å²) >= 11 is 0. The monoisotopic (exact) mass is 356 g/mol. The van der Waals surface area contributed by atoms with Gasteiger partial charge in [0, 0.05) is 11.3 Å². The first kappa shape index (κ1) is 17.9. The molecule has 2 fully saturated rings. The zero-order valence-electron chi connectivity index (χ0n) is 15.7. The molecule has 0 saturated heterocycles. The van der Waals surface area contributed by atoms with Gasteiger partial charge in [-0.05, 0) is 67.9 Å². The molecule has 4 heteroatoms. The van der Waals surface area contributed by atoms with Crippen molar-refractivity contribution in [2.75, 3.05) is 0 Å². The summed E-state index contributed by atoms with van der Waals surface area (Å²) in [5.74, 6) is 0.262. The molecule has 2 saturated carbocycles. The van der Waals surface area contributed by atoms with Gasteiger partial charge < -0.3 is 10.2 Å². The van der Waals surface area contributed by atoms with Gasteiger partial charge in [-0.2, -0.15) is 0 Å². The van der Waals surface area contributed by atoms with E-state index in [-0.39, 0.29) is 28.4 Å². The molecule has 4 rings (SSSR count). The second-order valence-corrected chi connectivity index (χ2v) is 9.20. The largest absolute Gasteiger partial charge is 0.362 e. The van der Waals surface area contributed by atoms with Crippen LogP contribution in [0.3, 0.4) is 0 Å². The molecule has 4 aliphatic carbocycles. The van der Waals surface area contributed by atoms with Gasteiger partial charge in [-0.1, -0.05) is 37.1 Å². The number of hydrogen-bond donors (Lipinski definition) is 2. The van der Waals surface area contributed by atoms with Crippen LogP contribution in [0, 0.1) is 34.5 Å². The van der Waals surface area contributed by atoms with Gasteiger partial charge >= 0.3 is 0 Å². The molecule has 0 spiro atoms. The highest BCUT2D eigenvalue weighted by atomic mass is 16.5. The van der Waals surface area contributed by atoms with Crippen molar-refractivity contribution in [2.45, 2.75) is 52.7 Å². The zero-order chi connectivity index (χ0) is 18.9. The van der Waals surface area contributed by atoms with E-state index >= 15 is 0 Å². The Morgan fingerprint density at radius 2 is 2.04 bits per heavy atom. The van der Waals surface area contributed by atoms with Gasteiger partial charge in [0.1, 0.15) is 0 Å². The summed E-state index contributed by atoms with van der Waals surface area (Å²) in [6.45, 7) is 6.44. The molecule has 140 valence electrons. The van der Waals surface area contributed by atoms with Gasteiger partial charge in [-0.15, -0.1) is 0 Å². The number of carbonyl (C=O) groups is 2. The molecule has 0 aromatic carbocycles. The summed E-state index contributed by atoms with van der Waals surface area (Å²) in [7, 11) is 0. The maximum absolute atomic E-state index is 12.5. The highest BCUT2D eigenvalue weighted by molar-refractivity contribution is 6.01. The first-order valence-electron chi connectivity index (χ1n) is 9.73. The average molecular weight is 356 g/mol. The summed E-state index contributed by atoms with van der Waals surface area (Å²) in [5.41, 5.74) is 2.20. The Bertz CT molecular complexity index is 758. The molecular formula is C22H28O4. The lowest BCUT2D eigenvalue weighted by Crippen LogP contribution is -2.46. The fourth-order valence-corrected chi connectivity index (χ4v) is 6.66. The van der Waals surface area contributed by atoms with Crippen LogP contribution in [-0.2, 0) is 9.59 Å². The molecule has 0 aliphatic heterocycles. The number of fused-ring (bicyclic) bond motifs is 5. The molecule has 2 N–H and O–H groups in total.